The molecule has 0 saturated carbocycles. The highest BCUT2D eigenvalue weighted by Gasteiger charge is 2.43. The minimum absolute atomic E-state index is 0.192. The summed E-state index contributed by atoms with van der Waals surface area (Å²) in [6, 6.07) is 3.68. The number of nitrogens with one attached hydrogen (secondary N) is 1. The molecule has 2 fully saturated rings. The van der Waals surface area contributed by atoms with E-state index in [1.165, 1.54) is 50.9 Å². The van der Waals surface area contributed by atoms with Gasteiger partial charge in [0.15, 0.2) is 0 Å². The summed E-state index contributed by atoms with van der Waals surface area (Å²) in [6.07, 6.45) is 5.93. The molecule has 2 saturated heterocycles. The molecular formula is C15H20FN3O2. The highest BCUT2D eigenvalue weighted by atomic mass is 19.1. The van der Waals surface area contributed by atoms with Crippen LogP contribution in [0.15, 0.2) is 18.2 Å². The Labute approximate surface area is 123 Å². The lowest BCUT2D eigenvalue weighted by Gasteiger charge is -2.32. The Bertz CT molecular complexity index is 540. The molecule has 1 N–H and O–H groups in total. The maximum Gasteiger partial charge on any atom is 0.295 e. The van der Waals surface area contributed by atoms with Gasteiger partial charge in [0.05, 0.1) is 11.0 Å². The molecule has 0 atom stereocenters. The van der Waals surface area contributed by atoms with E-state index in [1.54, 1.807) is 0 Å². The van der Waals surface area contributed by atoms with Crippen molar-refractivity contribution in [2.45, 2.75) is 37.6 Å². The molecule has 6 heteroatoms. The van der Waals surface area contributed by atoms with Crippen molar-refractivity contribution in [2.75, 3.05) is 25.0 Å². The van der Waals surface area contributed by atoms with Crippen LogP contribution < -0.4 is 5.32 Å². The summed E-state index contributed by atoms with van der Waals surface area (Å²) >= 11 is 0. The Morgan fingerprint density at radius 3 is 2.71 bits per heavy atom. The summed E-state index contributed by atoms with van der Waals surface area (Å²) in [4.78, 5) is 13.0. The quantitative estimate of drug-likeness (QED) is 0.669. The monoisotopic (exact) mass is 293 g/mol. The number of hydrogen-bond donors (Lipinski definition) is 1. The van der Waals surface area contributed by atoms with Crippen LogP contribution in [0, 0.1) is 15.9 Å². The van der Waals surface area contributed by atoms with Crippen molar-refractivity contribution >= 4 is 11.4 Å². The number of halogens is 1. The van der Waals surface area contributed by atoms with Crippen LogP contribution in [0.3, 0.4) is 0 Å². The van der Waals surface area contributed by atoms with Crippen LogP contribution in [0.4, 0.5) is 15.8 Å². The van der Waals surface area contributed by atoms with Gasteiger partial charge in [0.25, 0.3) is 5.69 Å². The van der Waals surface area contributed by atoms with Crippen LogP contribution in [0.2, 0.25) is 0 Å². The first kappa shape index (κ1) is 14.3. The molecule has 2 aliphatic rings. The molecular weight excluding hydrogens is 273 g/mol. The number of nitrogens with zero attached hydrogens (tertiary/aromatic N) is 2. The molecule has 114 valence electrons. The third-order valence-corrected chi connectivity index (χ3v) is 4.87. The maximum absolute atomic E-state index is 13.1. The minimum atomic E-state index is -0.580. The van der Waals surface area contributed by atoms with Gasteiger partial charge in [-0.05, 0) is 57.3 Å². The van der Waals surface area contributed by atoms with Gasteiger partial charge in [-0.2, -0.15) is 0 Å². The van der Waals surface area contributed by atoms with E-state index in [0.717, 1.165) is 12.5 Å². The zero-order chi connectivity index (χ0) is 14.9. The lowest BCUT2D eigenvalue weighted by atomic mass is 9.90. The lowest BCUT2D eigenvalue weighted by Crippen LogP contribution is -2.39. The van der Waals surface area contributed by atoms with Crippen molar-refractivity contribution in [3.63, 3.8) is 0 Å². The Kier molecular flexibility index (Phi) is 3.80. The minimum Gasteiger partial charge on any atom is -0.379 e. The van der Waals surface area contributed by atoms with Gasteiger partial charge in [-0.1, -0.05) is 0 Å². The predicted molar refractivity (Wildman–Crippen MR) is 78.9 cm³/mol. The van der Waals surface area contributed by atoms with Crippen LogP contribution in [-0.4, -0.2) is 35.0 Å². The molecule has 5 nitrogen and oxygen atoms in total. The molecule has 0 aliphatic carbocycles. The Morgan fingerprint density at radius 2 is 2.05 bits per heavy atom. The predicted octanol–water partition coefficient (Wildman–Crippen LogP) is 3.16. The second-order valence-corrected chi connectivity index (χ2v) is 6.01. The van der Waals surface area contributed by atoms with E-state index in [9.17, 15) is 14.5 Å². The number of rotatable bonds is 5. The molecule has 0 radical (unpaired) electrons. The maximum atomic E-state index is 13.1. The fourth-order valence-corrected chi connectivity index (χ4v) is 3.87. The topological polar surface area (TPSA) is 58.4 Å². The lowest BCUT2D eigenvalue weighted by molar-refractivity contribution is -0.384. The van der Waals surface area contributed by atoms with Gasteiger partial charge in [-0.15, -0.1) is 0 Å². The van der Waals surface area contributed by atoms with Crippen molar-refractivity contribution in [3.8, 4) is 0 Å². The van der Waals surface area contributed by atoms with Gasteiger partial charge >= 0.3 is 0 Å². The molecule has 0 aromatic heterocycles. The third kappa shape index (κ3) is 2.72. The van der Waals surface area contributed by atoms with Gasteiger partial charge in [0, 0.05) is 12.1 Å². The van der Waals surface area contributed by atoms with Crippen molar-refractivity contribution in [2.24, 2.45) is 0 Å². The van der Waals surface area contributed by atoms with Crippen molar-refractivity contribution in [3.05, 3.63) is 34.1 Å². The van der Waals surface area contributed by atoms with Crippen LogP contribution >= 0.6 is 0 Å². The normalized spacial score (nSPS) is 20.4. The highest BCUT2D eigenvalue weighted by Crippen LogP contribution is 2.41. The van der Waals surface area contributed by atoms with Crippen molar-refractivity contribution < 1.29 is 9.31 Å². The van der Waals surface area contributed by atoms with Crippen LogP contribution in [-0.2, 0) is 0 Å². The van der Waals surface area contributed by atoms with Crippen molar-refractivity contribution in [1.82, 2.24) is 4.90 Å². The van der Waals surface area contributed by atoms with Crippen LogP contribution in [0.1, 0.15) is 32.1 Å². The van der Waals surface area contributed by atoms with E-state index < -0.39 is 10.7 Å². The first-order valence-corrected chi connectivity index (χ1v) is 7.54. The molecule has 1 aromatic carbocycles. The molecule has 1 aromatic rings. The number of anilines is 1. The van der Waals surface area contributed by atoms with E-state index in [2.05, 4.69) is 10.2 Å². The number of benzene rings is 1. The van der Waals surface area contributed by atoms with E-state index in [0.29, 0.717) is 17.8 Å². The number of nitro benzene ring substituents is 1. The average molecular weight is 293 g/mol. The Hall–Kier alpha value is -1.69. The number of hydrogen-bond acceptors (Lipinski definition) is 4. The second-order valence-electron chi connectivity index (χ2n) is 6.01. The largest absolute Gasteiger partial charge is 0.379 e. The fourth-order valence-electron chi connectivity index (χ4n) is 3.87. The van der Waals surface area contributed by atoms with Gasteiger partial charge in [-0.3, -0.25) is 15.0 Å². The number of fused-ring (bicyclic) bond motifs is 1. The van der Waals surface area contributed by atoms with E-state index in [1.807, 2.05) is 0 Å². The fraction of sp³-hybridized carbons (Fsp3) is 0.600. The Morgan fingerprint density at radius 1 is 1.33 bits per heavy atom. The first-order chi connectivity index (χ1) is 10.1. The summed E-state index contributed by atoms with van der Waals surface area (Å²) in [7, 11) is 0. The second kappa shape index (κ2) is 5.60. The summed E-state index contributed by atoms with van der Waals surface area (Å²) < 4.78 is 13.1. The molecule has 2 aliphatic heterocycles. The summed E-state index contributed by atoms with van der Waals surface area (Å²) in [5.74, 6) is -0.580. The zero-order valence-electron chi connectivity index (χ0n) is 12.0. The first-order valence-electron chi connectivity index (χ1n) is 7.54. The van der Waals surface area contributed by atoms with Crippen LogP contribution in [0.25, 0.3) is 0 Å². The van der Waals surface area contributed by atoms with E-state index in [-0.39, 0.29) is 5.69 Å². The number of nitro groups is 1. The summed E-state index contributed by atoms with van der Waals surface area (Å²) in [6.45, 7) is 3.04. The molecule has 0 unspecified atom stereocenters. The summed E-state index contributed by atoms with van der Waals surface area (Å²) in [5.41, 5.74) is 0.504. The summed E-state index contributed by atoms with van der Waals surface area (Å²) in [5, 5.41) is 14.1. The standard InChI is InChI=1S/C15H20FN3O2/c16-12-3-4-13(14(11-12)19(20)21)17-8-7-15-5-1-9-18(15)10-2-6-15/h3-4,11,17H,1-2,5-10H2. The van der Waals surface area contributed by atoms with Crippen LogP contribution in [0.5, 0.6) is 0 Å². The molecule has 3 rings (SSSR count). The smallest absolute Gasteiger partial charge is 0.295 e. The van der Waals surface area contributed by atoms with Gasteiger partial charge in [0.1, 0.15) is 11.5 Å². The third-order valence-electron chi connectivity index (χ3n) is 4.87. The van der Waals surface area contributed by atoms with Gasteiger partial charge in [0.2, 0.25) is 0 Å². The Balaban J connectivity index is 1.64. The van der Waals surface area contributed by atoms with Gasteiger partial charge < -0.3 is 5.32 Å². The molecule has 21 heavy (non-hydrogen) atoms. The molecule has 0 spiro atoms. The molecule has 0 bridgehead atoms. The highest BCUT2D eigenvalue weighted by molar-refractivity contribution is 5.61. The zero-order valence-corrected chi connectivity index (χ0v) is 12.0. The van der Waals surface area contributed by atoms with E-state index >= 15 is 0 Å². The van der Waals surface area contributed by atoms with E-state index in [4.69, 9.17) is 0 Å². The molecule has 2 heterocycles. The van der Waals surface area contributed by atoms with Crippen molar-refractivity contribution in [1.29, 1.82) is 0 Å². The SMILES string of the molecule is O=[N+]([O-])c1cc(F)ccc1NCCC12CCCN1CCC2. The van der Waals surface area contributed by atoms with Gasteiger partial charge in [-0.25, -0.2) is 4.39 Å². The average Bonchev–Trinajstić information content (AvgIpc) is 2.99. The molecule has 0 amide bonds.